The second-order valence-electron chi connectivity index (χ2n) is 6.34. The molecule has 0 aliphatic heterocycles. The molecule has 0 fully saturated rings. The molecule has 3 N–H and O–H groups in total. The predicted octanol–water partition coefficient (Wildman–Crippen LogP) is 2.66. The van der Waals surface area contributed by atoms with Crippen LogP contribution in [0, 0.1) is 0 Å². The minimum atomic E-state index is -1.20. The van der Waals surface area contributed by atoms with Crippen LogP contribution in [0.25, 0.3) is 16.8 Å². The summed E-state index contributed by atoms with van der Waals surface area (Å²) < 4.78 is 1.52. The van der Waals surface area contributed by atoms with E-state index >= 15 is 0 Å². The van der Waals surface area contributed by atoms with E-state index in [2.05, 4.69) is 15.4 Å². The highest BCUT2D eigenvalue weighted by Gasteiger charge is 2.20. The standard InChI is InChI=1S/C21H16N4O4S/c26-16-10-17(25-20(23-12-24-25)19(16)21(29)22-11-18(27)28)30-15-8-4-7-14(9-15)13-5-2-1-3-6-13/h1-10,12H,11H2,(H,22,29)(H,23,24)(H,27,28). The second kappa shape index (κ2) is 8.26. The van der Waals surface area contributed by atoms with E-state index < -0.39 is 23.9 Å². The van der Waals surface area contributed by atoms with Gasteiger partial charge in [-0.15, -0.1) is 0 Å². The zero-order chi connectivity index (χ0) is 21.1. The second-order valence-corrected chi connectivity index (χ2v) is 7.43. The smallest absolute Gasteiger partial charge is 0.322 e. The summed E-state index contributed by atoms with van der Waals surface area (Å²) in [4.78, 5) is 40.6. The fourth-order valence-electron chi connectivity index (χ4n) is 2.99. The third-order valence-electron chi connectivity index (χ3n) is 4.32. The summed E-state index contributed by atoms with van der Waals surface area (Å²) in [5.74, 6) is -1.98. The number of aliphatic carboxylic acids is 1. The van der Waals surface area contributed by atoms with Crippen LogP contribution in [0.1, 0.15) is 10.4 Å². The first-order chi connectivity index (χ1) is 14.5. The van der Waals surface area contributed by atoms with Gasteiger partial charge in [-0.1, -0.05) is 54.2 Å². The van der Waals surface area contributed by atoms with Gasteiger partial charge in [0.2, 0.25) is 0 Å². The largest absolute Gasteiger partial charge is 0.480 e. The van der Waals surface area contributed by atoms with Crippen LogP contribution < -0.4 is 10.7 Å². The van der Waals surface area contributed by atoms with Crippen molar-refractivity contribution in [1.82, 2.24) is 19.9 Å². The Morgan fingerprint density at radius 2 is 1.83 bits per heavy atom. The van der Waals surface area contributed by atoms with Gasteiger partial charge in [-0.05, 0) is 23.3 Å². The minimum absolute atomic E-state index is 0.132. The van der Waals surface area contributed by atoms with Crippen molar-refractivity contribution < 1.29 is 14.7 Å². The number of amides is 1. The first-order valence-electron chi connectivity index (χ1n) is 8.95. The number of benzene rings is 2. The number of nitrogens with one attached hydrogen (secondary N) is 2. The number of carbonyl (C=O) groups is 2. The van der Waals surface area contributed by atoms with Gasteiger partial charge in [0, 0.05) is 11.0 Å². The summed E-state index contributed by atoms with van der Waals surface area (Å²) in [6.07, 6.45) is 1.37. The maximum absolute atomic E-state index is 12.6. The van der Waals surface area contributed by atoms with Crippen LogP contribution in [0.5, 0.6) is 0 Å². The number of rotatable bonds is 6. The van der Waals surface area contributed by atoms with Gasteiger partial charge in [-0.2, -0.15) is 0 Å². The molecule has 1 amide bonds. The van der Waals surface area contributed by atoms with Gasteiger partial charge in [0.1, 0.15) is 23.5 Å². The normalized spacial score (nSPS) is 10.8. The first kappa shape index (κ1) is 19.5. The molecule has 0 aliphatic rings. The van der Waals surface area contributed by atoms with E-state index in [1.54, 1.807) is 0 Å². The fraction of sp³-hybridized carbons (Fsp3) is 0.0476. The number of carbonyl (C=O) groups excluding carboxylic acids is 1. The van der Waals surface area contributed by atoms with Crippen LogP contribution in [0.2, 0.25) is 0 Å². The molecule has 4 rings (SSSR count). The molecule has 4 aromatic rings. The van der Waals surface area contributed by atoms with Gasteiger partial charge in [-0.25, -0.2) is 9.50 Å². The number of hydrogen-bond acceptors (Lipinski definition) is 5. The van der Waals surface area contributed by atoms with Crippen LogP contribution >= 0.6 is 11.8 Å². The van der Waals surface area contributed by atoms with E-state index in [0.717, 1.165) is 16.0 Å². The lowest BCUT2D eigenvalue weighted by Gasteiger charge is -2.09. The summed E-state index contributed by atoms with van der Waals surface area (Å²) in [7, 11) is 0. The maximum Gasteiger partial charge on any atom is 0.322 e. The van der Waals surface area contributed by atoms with Gasteiger partial charge < -0.3 is 10.4 Å². The van der Waals surface area contributed by atoms with Crippen LogP contribution in [0.15, 0.2) is 81.7 Å². The molecule has 0 spiro atoms. The number of H-pyrrole nitrogens is 1. The van der Waals surface area contributed by atoms with Crippen molar-refractivity contribution in [3.8, 4) is 11.1 Å². The Kier molecular flexibility index (Phi) is 5.36. The Bertz CT molecular complexity index is 1300. The molecule has 8 nitrogen and oxygen atoms in total. The molecular weight excluding hydrogens is 404 g/mol. The molecule has 0 atom stereocenters. The third-order valence-corrected chi connectivity index (χ3v) is 5.32. The lowest BCUT2D eigenvalue weighted by Crippen LogP contribution is -2.33. The van der Waals surface area contributed by atoms with E-state index in [0.29, 0.717) is 5.03 Å². The average Bonchev–Trinajstić information content (AvgIpc) is 3.23. The van der Waals surface area contributed by atoms with E-state index in [9.17, 15) is 14.4 Å². The molecule has 150 valence electrons. The quantitative estimate of drug-likeness (QED) is 0.442. The highest BCUT2D eigenvalue weighted by Crippen LogP contribution is 2.30. The minimum Gasteiger partial charge on any atom is -0.480 e. The van der Waals surface area contributed by atoms with Gasteiger partial charge in [0.05, 0.1) is 0 Å². The lowest BCUT2D eigenvalue weighted by atomic mass is 10.1. The van der Waals surface area contributed by atoms with Gasteiger partial charge in [0.15, 0.2) is 11.1 Å². The van der Waals surface area contributed by atoms with Crippen LogP contribution in [0.4, 0.5) is 0 Å². The number of aromatic nitrogens is 3. The maximum atomic E-state index is 12.6. The van der Waals surface area contributed by atoms with Crippen LogP contribution in [0.3, 0.4) is 0 Å². The molecule has 0 saturated heterocycles. The Balaban J connectivity index is 1.69. The van der Waals surface area contributed by atoms with Crippen molar-refractivity contribution >= 4 is 29.3 Å². The highest BCUT2D eigenvalue weighted by molar-refractivity contribution is 7.99. The molecule has 0 aliphatic carbocycles. The summed E-state index contributed by atoms with van der Waals surface area (Å²) in [6, 6.07) is 19.2. The van der Waals surface area contributed by atoms with Gasteiger partial charge in [-0.3, -0.25) is 19.5 Å². The molecule has 30 heavy (non-hydrogen) atoms. The molecule has 0 radical (unpaired) electrons. The molecule has 9 heteroatoms. The van der Waals surface area contributed by atoms with Crippen molar-refractivity contribution in [2.45, 2.75) is 9.92 Å². The fourth-order valence-corrected chi connectivity index (χ4v) is 3.96. The molecule has 2 heterocycles. The van der Waals surface area contributed by atoms with E-state index in [-0.39, 0.29) is 11.2 Å². The molecule has 0 saturated carbocycles. The SMILES string of the molecule is O=C(O)CNC(=O)c1c(=O)cc(Sc2cccc(-c3ccccc3)c2)n2[nH]cnc12. The summed E-state index contributed by atoms with van der Waals surface area (Å²) in [5.41, 5.74) is 1.51. The Morgan fingerprint density at radius 1 is 1.07 bits per heavy atom. The summed E-state index contributed by atoms with van der Waals surface area (Å²) >= 11 is 1.35. The highest BCUT2D eigenvalue weighted by atomic mass is 32.2. The number of aromatic amines is 1. The third kappa shape index (κ3) is 3.96. The summed E-state index contributed by atoms with van der Waals surface area (Å²) in [6.45, 7) is -0.586. The lowest BCUT2D eigenvalue weighted by molar-refractivity contribution is -0.135. The molecular formula is C21H16N4O4S. The van der Waals surface area contributed by atoms with E-state index in [1.165, 1.54) is 28.7 Å². The molecule has 0 bridgehead atoms. The van der Waals surface area contributed by atoms with Gasteiger partial charge >= 0.3 is 5.97 Å². The topological polar surface area (TPSA) is 117 Å². The number of nitrogens with zero attached hydrogens (tertiary/aromatic N) is 2. The molecule has 2 aromatic carbocycles. The Morgan fingerprint density at radius 3 is 2.60 bits per heavy atom. The Hall–Kier alpha value is -3.85. The van der Waals surface area contributed by atoms with Gasteiger partial charge in [0.25, 0.3) is 5.91 Å². The Labute approximate surface area is 174 Å². The number of carboxylic acid groups (broad SMARTS) is 1. The van der Waals surface area contributed by atoms with Crippen molar-refractivity contribution in [3.63, 3.8) is 0 Å². The average molecular weight is 420 g/mol. The summed E-state index contributed by atoms with van der Waals surface area (Å²) in [5, 5.41) is 14.4. The predicted molar refractivity (Wildman–Crippen MR) is 112 cm³/mol. The van der Waals surface area contributed by atoms with E-state index in [4.69, 9.17) is 5.11 Å². The number of fused-ring (bicyclic) bond motifs is 1. The van der Waals surface area contributed by atoms with Crippen molar-refractivity contribution in [2.75, 3.05) is 6.54 Å². The van der Waals surface area contributed by atoms with Crippen LogP contribution in [-0.4, -0.2) is 38.1 Å². The zero-order valence-electron chi connectivity index (χ0n) is 15.5. The van der Waals surface area contributed by atoms with Crippen LogP contribution in [-0.2, 0) is 4.79 Å². The number of pyridine rings is 1. The first-order valence-corrected chi connectivity index (χ1v) is 9.77. The molecule has 0 unspecified atom stereocenters. The van der Waals surface area contributed by atoms with Crippen molar-refractivity contribution in [2.24, 2.45) is 0 Å². The van der Waals surface area contributed by atoms with E-state index in [1.807, 2.05) is 54.6 Å². The molecule has 2 aromatic heterocycles. The van der Waals surface area contributed by atoms with Crippen molar-refractivity contribution in [3.05, 3.63) is 82.8 Å². The van der Waals surface area contributed by atoms with Crippen molar-refractivity contribution in [1.29, 1.82) is 0 Å². The zero-order valence-corrected chi connectivity index (χ0v) is 16.3. The monoisotopic (exact) mass is 420 g/mol. The number of hydrogen-bond donors (Lipinski definition) is 3. The number of carboxylic acids is 1.